The van der Waals surface area contributed by atoms with E-state index in [1.54, 1.807) is 0 Å². The van der Waals surface area contributed by atoms with Gasteiger partial charge in [0.2, 0.25) is 0 Å². The summed E-state index contributed by atoms with van der Waals surface area (Å²) in [6.45, 7) is 2.76. The minimum atomic E-state index is -1.07. The Hall–Kier alpha value is -4.28. The van der Waals surface area contributed by atoms with Crippen LogP contribution in [0.3, 0.4) is 0 Å². The SMILES string of the molecule is CCCCc1nc(Cl)c(COCc2occc2C(=O)O)n1Cc1ccc(-c2ccccc2)c(-c2nnn[nH]2)c1. The largest absolute Gasteiger partial charge is 0.478 e. The number of H-pyrrole nitrogens is 1. The number of unbranched alkanes of at least 4 members (excludes halogenated alkanes) is 1. The van der Waals surface area contributed by atoms with E-state index in [0.29, 0.717) is 23.2 Å². The summed E-state index contributed by atoms with van der Waals surface area (Å²) in [7, 11) is 0. The van der Waals surface area contributed by atoms with Gasteiger partial charge in [0, 0.05) is 18.5 Å². The molecule has 0 saturated heterocycles. The van der Waals surface area contributed by atoms with Crippen molar-refractivity contribution in [3.05, 3.63) is 94.4 Å². The van der Waals surface area contributed by atoms with E-state index in [4.69, 9.17) is 20.8 Å². The number of ether oxygens (including phenoxy) is 1. The van der Waals surface area contributed by atoms with Crippen LogP contribution in [0.1, 0.15) is 53.0 Å². The predicted molar refractivity (Wildman–Crippen MR) is 144 cm³/mol. The lowest BCUT2D eigenvalue weighted by Crippen LogP contribution is -2.11. The van der Waals surface area contributed by atoms with E-state index in [1.165, 1.54) is 12.3 Å². The molecule has 0 spiro atoms. The lowest BCUT2D eigenvalue weighted by molar-refractivity contribution is 0.0667. The lowest BCUT2D eigenvalue weighted by Gasteiger charge is -2.15. The van der Waals surface area contributed by atoms with E-state index < -0.39 is 5.97 Å². The highest BCUT2D eigenvalue weighted by Gasteiger charge is 2.19. The second-order valence-corrected chi connectivity index (χ2v) is 9.36. The number of aromatic amines is 1. The van der Waals surface area contributed by atoms with E-state index in [0.717, 1.165) is 47.3 Å². The normalized spacial score (nSPS) is 11.2. The Labute approximate surface area is 229 Å². The number of imidazole rings is 1. The number of carboxylic acids is 1. The first-order valence-electron chi connectivity index (χ1n) is 12.6. The third kappa shape index (κ3) is 5.92. The number of carbonyl (C=O) groups is 1. The molecule has 0 amide bonds. The standard InChI is InChI=1S/C28H27ClN6O4/c1-2-3-9-25-30-26(29)23(16-38-17-24-21(28(36)37)12-13-39-24)35(25)15-18-10-11-20(19-7-5-4-6-8-19)22(14-18)27-31-33-34-32-27/h4-8,10-14H,2-3,9,15-17H2,1H3,(H,36,37)(H,31,32,33,34). The molecule has 0 bridgehead atoms. The predicted octanol–water partition coefficient (Wildman–Crippen LogP) is 5.78. The Bertz CT molecular complexity index is 1550. The maximum Gasteiger partial charge on any atom is 0.339 e. The number of nitrogens with one attached hydrogen (secondary N) is 1. The van der Waals surface area contributed by atoms with E-state index in [1.807, 2.05) is 30.3 Å². The quantitative estimate of drug-likeness (QED) is 0.201. The molecular formula is C28H27ClN6O4. The van der Waals surface area contributed by atoms with Crippen LogP contribution in [-0.2, 0) is 30.9 Å². The molecule has 2 N–H and O–H groups in total. The van der Waals surface area contributed by atoms with Gasteiger partial charge in [-0.1, -0.05) is 67.4 Å². The van der Waals surface area contributed by atoms with Crippen molar-refractivity contribution in [1.82, 2.24) is 30.2 Å². The molecule has 11 heteroatoms. The van der Waals surface area contributed by atoms with Gasteiger partial charge in [-0.3, -0.25) is 0 Å². The molecule has 2 aromatic carbocycles. The Balaban J connectivity index is 1.45. The average Bonchev–Trinajstić information content (AvgIpc) is 3.70. The number of aryl methyl sites for hydroxylation is 1. The van der Waals surface area contributed by atoms with Crippen molar-refractivity contribution in [3.63, 3.8) is 0 Å². The summed E-state index contributed by atoms with van der Waals surface area (Å²) >= 11 is 6.59. The van der Waals surface area contributed by atoms with Gasteiger partial charge in [-0.05, 0) is 45.7 Å². The van der Waals surface area contributed by atoms with Crippen molar-refractivity contribution in [2.75, 3.05) is 0 Å². The van der Waals surface area contributed by atoms with E-state index in [9.17, 15) is 9.90 Å². The van der Waals surface area contributed by atoms with Crippen LogP contribution in [0.5, 0.6) is 0 Å². The molecule has 10 nitrogen and oxygen atoms in total. The Kier molecular flexibility index (Phi) is 8.14. The fourth-order valence-corrected chi connectivity index (χ4v) is 4.70. The molecule has 0 fully saturated rings. The van der Waals surface area contributed by atoms with Crippen LogP contribution in [0.4, 0.5) is 0 Å². The highest BCUT2D eigenvalue weighted by atomic mass is 35.5. The van der Waals surface area contributed by atoms with E-state index in [2.05, 4.69) is 55.3 Å². The van der Waals surface area contributed by atoms with Crippen LogP contribution in [0.25, 0.3) is 22.5 Å². The molecule has 0 aliphatic carbocycles. The molecule has 3 aromatic heterocycles. The van der Waals surface area contributed by atoms with Gasteiger partial charge in [0.1, 0.15) is 23.8 Å². The molecular weight excluding hydrogens is 520 g/mol. The Morgan fingerprint density at radius 2 is 1.97 bits per heavy atom. The van der Waals surface area contributed by atoms with Gasteiger partial charge in [-0.25, -0.2) is 14.9 Å². The smallest absolute Gasteiger partial charge is 0.339 e. The lowest BCUT2D eigenvalue weighted by atomic mass is 9.97. The summed E-state index contributed by atoms with van der Waals surface area (Å²) in [4.78, 5) is 16.0. The molecule has 0 aliphatic rings. The van der Waals surface area contributed by atoms with Gasteiger partial charge < -0.3 is 18.8 Å². The second kappa shape index (κ2) is 12.1. The molecule has 5 rings (SSSR count). The molecule has 3 heterocycles. The summed E-state index contributed by atoms with van der Waals surface area (Å²) < 4.78 is 13.2. The fraction of sp³-hybridized carbons (Fsp3) is 0.250. The number of rotatable bonds is 12. The van der Waals surface area contributed by atoms with Crippen molar-refractivity contribution in [2.45, 2.75) is 45.9 Å². The summed E-state index contributed by atoms with van der Waals surface area (Å²) in [5.41, 5.74) is 4.73. The van der Waals surface area contributed by atoms with Crippen LogP contribution < -0.4 is 0 Å². The number of carboxylic acid groups (broad SMARTS) is 1. The summed E-state index contributed by atoms with van der Waals surface area (Å²) in [5, 5.41) is 24.3. The van der Waals surface area contributed by atoms with Crippen LogP contribution in [0, 0.1) is 0 Å². The number of nitrogens with zero attached hydrogens (tertiary/aromatic N) is 5. The summed E-state index contributed by atoms with van der Waals surface area (Å²) in [6, 6.07) is 17.7. The van der Waals surface area contributed by atoms with Crippen LogP contribution in [0.15, 0.2) is 65.3 Å². The van der Waals surface area contributed by atoms with Crippen molar-refractivity contribution in [3.8, 4) is 22.5 Å². The number of hydrogen-bond acceptors (Lipinski definition) is 7. The van der Waals surface area contributed by atoms with Crippen molar-refractivity contribution in [1.29, 1.82) is 0 Å². The zero-order valence-corrected chi connectivity index (χ0v) is 22.1. The number of aromatic nitrogens is 6. The third-order valence-electron chi connectivity index (χ3n) is 6.41. The first kappa shape index (κ1) is 26.3. The van der Waals surface area contributed by atoms with Crippen LogP contribution >= 0.6 is 11.6 Å². The maximum absolute atomic E-state index is 11.4. The van der Waals surface area contributed by atoms with Gasteiger partial charge in [-0.2, -0.15) is 0 Å². The molecule has 0 unspecified atom stereocenters. The van der Waals surface area contributed by atoms with Gasteiger partial charge >= 0.3 is 5.97 Å². The fourth-order valence-electron chi connectivity index (χ4n) is 4.45. The first-order valence-corrected chi connectivity index (χ1v) is 13.0. The van der Waals surface area contributed by atoms with E-state index >= 15 is 0 Å². The Morgan fingerprint density at radius 3 is 2.72 bits per heavy atom. The number of benzene rings is 2. The van der Waals surface area contributed by atoms with Gasteiger partial charge in [0.15, 0.2) is 11.0 Å². The van der Waals surface area contributed by atoms with Gasteiger partial charge in [-0.15, -0.1) is 5.10 Å². The topological polar surface area (TPSA) is 132 Å². The summed E-state index contributed by atoms with van der Waals surface area (Å²) in [6.07, 6.45) is 4.08. The number of halogens is 1. The monoisotopic (exact) mass is 546 g/mol. The first-order chi connectivity index (χ1) is 19.0. The molecule has 0 atom stereocenters. The average molecular weight is 547 g/mol. The Morgan fingerprint density at radius 1 is 1.13 bits per heavy atom. The number of furan rings is 1. The zero-order valence-electron chi connectivity index (χ0n) is 21.3. The minimum absolute atomic E-state index is 0.00511. The number of hydrogen-bond donors (Lipinski definition) is 2. The van der Waals surface area contributed by atoms with E-state index in [-0.39, 0.29) is 24.5 Å². The molecule has 5 aromatic rings. The number of aromatic carboxylic acids is 1. The molecule has 200 valence electrons. The van der Waals surface area contributed by atoms with Crippen LogP contribution in [-0.4, -0.2) is 41.3 Å². The zero-order chi connectivity index (χ0) is 27.2. The summed E-state index contributed by atoms with van der Waals surface area (Å²) in [5.74, 6) is 0.614. The van der Waals surface area contributed by atoms with Gasteiger partial charge in [0.05, 0.1) is 18.6 Å². The molecule has 0 saturated carbocycles. The highest BCUT2D eigenvalue weighted by Crippen LogP contribution is 2.32. The molecule has 39 heavy (non-hydrogen) atoms. The highest BCUT2D eigenvalue weighted by molar-refractivity contribution is 6.30. The number of tetrazole rings is 1. The minimum Gasteiger partial charge on any atom is -0.478 e. The molecule has 0 aliphatic heterocycles. The third-order valence-corrected chi connectivity index (χ3v) is 6.72. The van der Waals surface area contributed by atoms with Crippen LogP contribution in [0.2, 0.25) is 5.15 Å². The second-order valence-electron chi connectivity index (χ2n) is 9.01. The van der Waals surface area contributed by atoms with Crippen molar-refractivity contribution >= 4 is 17.6 Å². The van der Waals surface area contributed by atoms with Crippen molar-refractivity contribution in [2.24, 2.45) is 0 Å². The van der Waals surface area contributed by atoms with Crippen molar-refractivity contribution < 1.29 is 19.1 Å². The maximum atomic E-state index is 11.4. The van der Waals surface area contributed by atoms with Gasteiger partial charge in [0.25, 0.3) is 0 Å². The molecule has 0 radical (unpaired) electrons.